The van der Waals surface area contributed by atoms with Gasteiger partial charge in [-0.2, -0.15) is 0 Å². The van der Waals surface area contributed by atoms with Gasteiger partial charge in [-0.1, -0.05) is 44.9 Å². The maximum atomic E-state index is 5.53. The quantitative estimate of drug-likeness (QED) is 0.612. The molecule has 0 aromatic heterocycles. The average Bonchev–Trinajstić information content (AvgIpc) is 2.57. The van der Waals surface area contributed by atoms with Gasteiger partial charge in [-0.05, 0) is 12.8 Å². The van der Waals surface area contributed by atoms with Crippen molar-refractivity contribution >= 4 is 0 Å². The molecule has 0 aromatic carbocycles. The average molecular weight is 211 g/mol. The molecule has 2 fully saturated rings. The molecule has 2 aliphatic carbocycles. The smallest absolute Gasteiger partial charge is 0.00388 e. The van der Waals surface area contributed by atoms with Crippen molar-refractivity contribution in [3.8, 4) is 0 Å². The summed E-state index contributed by atoms with van der Waals surface area (Å²) in [4.78, 5) is 0. The molecule has 0 heterocycles. The van der Waals surface area contributed by atoms with E-state index in [-0.39, 0.29) is 17.1 Å². The molecule has 0 aliphatic heterocycles. The molecule has 2 N–H and O–H groups in total. The third kappa shape index (κ3) is 6.05. The van der Waals surface area contributed by atoms with Crippen LogP contribution in [-0.2, 0) is 17.1 Å². The minimum absolute atomic E-state index is 0. The summed E-state index contributed by atoms with van der Waals surface area (Å²) in [6.45, 7) is 0. The zero-order valence-electron chi connectivity index (χ0n) is 7.87. The van der Waals surface area contributed by atoms with Gasteiger partial charge >= 0.3 is 0 Å². The van der Waals surface area contributed by atoms with Gasteiger partial charge < -0.3 is 5.73 Å². The predicted octanol–water partition coefficient (Wildman–Crippen LogP) is 2.84. The van der Waals surface area contributed by atoms with Gasteiger partial charge in [-0.25, -0.2) is 0 Å². The SMILES string of the molecule is C1CCCC1.NC1CCCC1.[Fe]. The molecule has 2 rings (SSSR count). The van der Waals surface area contributed by atoms with E-state index >= 15 is 0 Å². The van der Waals surface area contributed by atoms with Gasteiger partial charge in [0, 0.05) is 23.1 Å². The molecule has 0 unspecified atom stereocenters. The van der Waals surface area contributed by atoms with Crippen molar-refractivity contribution in [3.05, 3.63) is 0 Å². The molecule has 0 saturated heterocycles. The summed E-state index contributed by atoms with van der Waals surface area (Å²) >= 11 is 0. The molecule has 0 spiro atoms. The molecular weight excluding hydrogens is 190 g/mol. The molecule has 2 aliphatic rings. The Morgan fingerprint density at radius 2 is 1.00 bits per heavy atom. The van der Waals surface area contributed by atoms with Crippen molar-refractivity contribution in [2.75, 3.05) is 0 Å². The van der Waals surface area contributed by atoms with E-state index in [0.29, 0.717) is 6.04 Å². The van der Waals surface area contributed by atoms with Crippen LogP contribution in [0.3, 0.4) is 0 Å². The second-order valence-corrected chi connectivity index (χ2v) is 3.81. The maximum absolute atomic E-state index is 5.53. The standard InChI is InChI=1S/C5H11N.C5H10.Fe/c6-5-3-1-2-4-5;1-2-4-5-3-1;/h5H,1-4,6H2;1-5H2;. The predicted molar refractivity (Wildman–Crippen MR) is 49.5 cm³/mol. The molecule has 0 bridgehead atoms. The van der Waals surface area contributed by atoms with E-state index in [0.717, 1.165) is 0 Å². The van der Waals surface area contributed by atoms with Crippen molar-refractivity contribution in [3.63, 3.8) is 0 Å². The first-order valence-electron chi connectivity index (χ1n) is 5.15. The van der Waals surface area contributed by atoms with E-state index in [4.69, 9.17) is 5.73 Å². The molecule has 2 saturated carbocycles. The molecule has 0 atom stereocenters. The van der Waals surface area contributed by atoms with Crippen molar-refractivity contribution in [1.82, 2.24) is 0 Å². The first-order chi connectivity index (χ1) is 5.39. The summed E-state index contributed by atoms with van der Waals surface area (Å²) in [5, 5.41) is 0. The fourth-order valence-electron chi connectivity index (χ4n) is 1.84. The Labute approximate surface area is 87.0 Å². The number of nitrogens with two attached hydrogens (primary N) is 1. The van der Waals surface area contributed by atoms with Gasteiger partial charge in [0.15, 0.2) is 0 Å². The van der Waals surface area contributed by atoms with Gasteiger partial charge in [0.2, 0.25) is 0 Å². The summed E-state index contributed by atoms with van der Waals surface area (Å²) < 4.78 is 0. The first-order valence-corrected chi connectivity index (χ1v) is 5.15. The summed E-state index contributed by atoms with van der Waals surface area (Å²) in [5.74, 6) is 0. The Morgan fingerprint density at radius 1 is 0.667 bits per heavy atom. The molecule has 12 heavy (non-hydrogen) atoms. The number of rotatable bonds is 0. The second-order valence-electron chi connectivity index (χ2n) is 3.81. The van der Waals surface area contributed by atoms with Crippen LogP contribution < -0.4 is 5.73 Å². The van der Waals surface area contributed by atoms with Crippen molar-refractivity contribution in [2.24, 2.45) is 5.73 Å². The zero-order valence-corrected chi connectivity index (χ0v) is 8.98. The van der Waals surface area contributed by atoms with Crippen LogP contribution in [0.5, 0.6) is 0 Å². The Balaban J connectivity index is 0.000000189. The van der Waals surface area contributed by atoms with Crippen LogP contribution >= 0.6 is 0 Å². The van der Waals surface area contributed by atoms with E-state index in [1.54, 1.807) is 0 Å². The minimum Gasteiger partial charge on any atom is -0.328 e. The van der Waals surface area contributed by atoms with Crippen LogP contribution in [0.25, 0.3) is 0 Å². The van der Waals surface area contributed by atoms with E-state index < -0.39 is 0 Å². The van der Waals surface area contributed by atoms with Crippen LogP contribution in [-0.4, -0.2) is 6.04 Å². The van der Waals surface area contributed by atoms with Gasteiger partial charge in [0.25, 0.3) is 0 Å². The van der Waals surface area contributed by atoms with E-state index in [1.807, 2.05) is 0 Å². The van der Waals surface area contributed by atoms with Crippen LogP contribution in [0.4, 0.5) is 0 Å². The molecule has 0 radical (unpaired) electrons. The monoisotopic (exact) mass is 211 g/mol. The molecule has 74 valence electrons. The van der Waals surface area contributed by atoms with Gasteiger partial charge in [-0.15, -0.1) is 0 Å². The Bertz CT molecular complexity index is 78.2. The van der Waals surface area contributed by atoms with Gasteiger partial charge in [0.05, 0.1) is 0 Å². The van der Waals surface area contributed by atoms with E-state index in [2.05, 4.69) is 0 Å². The third-order valence-corrected chi connectivity index (χ3v) is 2.65. The second kappa shape index (κ2) is 8.09. The Hall–Kier alpha value is 0.479. The largest absolute Gasteiger partial charge is 0.328 e. The fourth-order valence-corrected chi connectivity index (χ4v) is 1.84. The van der Waals surface area contributed by atoms with Crippen LogP contribution in [0.1, 0.15) is 57.8 Å². The molecule has 0 amide bonds. The summed E-state index contributed by atoms with van der Waals surface area (Å²) in [5.41, 5.74) is 5.53. The van der Waals surface area contributed by atoms with Gasteiger partial charge in [0.1, 0.15) is 0 Å². The number of hydrogen-bond donors (Lipinski definition) is 1. The minimum atomic E-state index is 0. The van der Waals surface area contributed by atoms with Crippen LogP contribution in [0.2, 0.25) is 0 Å². The first kappa shape index (κ1) is 12.5. The molecule has 2 heteroatoms. The summed E-state index contributed by atoms with van der Waals surface area (Å²) in [6, 6.07) is 0.546. The summed E-state index contributed by atoms with van der Waals surface area (Å²) in [6.07, 6.45) is 12.8. The van der Waals surface area contributed by atoms with E-state index in [1.165, 1.54) is 57.8 Å². The van der Waals surface area contributed by atoms with Crippen molar-refractivity contribution in [2.45, 2.75) is 63.8 Å². The third-order valence-electron chi connectivity index (χ3n) is 2.65. The molecule has 1 nitrogen and oxygen atoms in total. The van der Waals surface area contributed by atoms with Crippen molar-refractivity contribution in [1.29, 1.82) is 0 Å². The van der Waals surface area contributed by atoms with Crippen LogP contribution in [0.15, 0.2) is 0 Å². The normalized spacial score (nSPS) is 22.8. The Kier molecular flexibility index (Phi) is 8.42. The zero-order chi connectivity index (χ0) is 7.94. The van der Waals surface area contributed by atoms with Gasteiger partial charge in [-0.3, -0.25) is 0 Å². The summed E-state index contributed by atoms with van der Waals surface area (Å²) in [7, 11) is 0. The van der Waals surface area contributed by atoms with Crippen molar-refractivity contribution < 1.29 is 17.1 Å². The fraction of sp³-hybridized carbons (Fsp3) is 1.00. The maximum Gasteiger partial charge on any atom is 0.00388 e. The topological polar surface area (TPSA) is 26.0 Å². The molecular formula is C10H21FeN. The number of hydrogen-bond acceptors (Lipinski definition) is 1. The molecule has 0 aromatic rings. The Morgan fingerprint density at radius 3 is 1.17 bits per heavy atom. The van der Waals surface area contributed by atoms with Crippen LogP contribution in [0, 0.1) is 0 Å². The van der Waals surface area contributed by atoms with E-state index in [9.17, 15) is 0 Å².